The molecule has 1 aromatic carbocycles. The Morgan fingerprint density at radius 2 is 2.00 bits per heavy atom. The molecule has 1 aromatic heterocycles. The van der Waals surface area contributed by atoms with Crippen molar-refractivity contribution in [3.05, 3.63) is 40.7 Å². The van der Waals surface area contributed by atoms with E-state index in [1.54, 1.807) is 31.5 Å². The maximum atomic E-state index is 11.3. The normalized spacial score (nSPS) is 9.29. The largest absolute Gasteiger partial charge is 0.497 e. The lowest BCUT2D eigenvalue weighted by atomic mass is 10.2. The number of fused-ring (bicyclic) bond motifs is 1. The van der Waals surface area contributed by atoms with E-state index in [4.69, 9.17) is 14.6 Å². The van der Waals surface area contributed by atoms with Gasteiger partial charge in [0.05, 0.1) is 12.6 Å². The lowest BCUT2D eigenvalue weighted by molar-refractivity contribution is -0.134. The summed E-state index contributed by atoms with van der Waals surface area (Å²) in [6.45, 7) is 1.08. The zero-order chi connectivity index (χ0) is 12.8. The van der Waals surface area contributed by atoms with E-state index in [2.05, 4.69) is 4.98 Å². The zero-order valence-electron chi connectivity index (χ0n) is 9.56. The third-order valence-corrected chi connectivity index (χ3v) is 1.97. The molecular formula is C12H13NO4. The van der Waals surface area contributed by atoms with Gasteiger partial charge < -0.3 is 14.8 Å². The zero-order valence-corrected chi connectivity index (χ0v) is 9.56. The molecule has 0 fully saturated rings. The molecule has 0 radical (unpaired) electrons. The molecule has 2 N–H and O–H groups in total. The van der Waals surface area contributed by atoms with Crippen LogP contribution < -0.4 is 10.2 Å². The maximum Gasteiger partial charge on any atom is 0.300 e. The fourth-order valence-electron chi connectivity index (χ4n) is 1.28. The standard InChI is InChI=1S/C10H9NO2.C2H4O2/c1-13-7-2-3-8-9(6-7)11-5-4-10(8)12;1-2(3)4/h2-6H,1H3,(H,11,12);1H3,(H,3,4). The smallest absolute Gasteiger partial charge is 0.300 e. The van der Waals surface area contributed by atoms with Gasteiger partial charge in [0.1, 0.15) is 5.75 Å². The van der Waals surface area contributed by atoms with Crippen molar-refractivity contribution in [1.82, 2.24) is 4.98 Å². The lowest BCUT2D eigenvalue weighted by Crippen LogP contribution is -1.99. The maximum absolute atomic E-state index is 11.3. The minimum Gasteiger partial charge on any atom is -0.497 e. The van der Waals surface area contributed by atoms with Crippen LogP contribution in [0.15, 0.2) is 35.3 Å². The molecule has 0 unspecified atom stereocenters. The van der Waals surface area contributed by atoms with Gasteiger partial charge in [0.15, 0.2) is 5.43 Å². The highest BCUT2D eigenvalue weighted by molar-refractivity contribution is 5.79. The van der Waals surface area contributed by atoms with Crippen molar-refractivity contribution in [3.63, 3.8) is 0 Å². The molecule has 0 aliphatic heterocycles. The van der Waals surface area contributed by atoms with E-state index < -0.39 is 5.97 Å². The van der Waals surface area contributed by atoms with Crippen LogP contribution in [0.4, 0.5) is 0 Å². The highest BCUT2D eigenvalue weighted by Crippen LogP contribution is 2.15. The van der Waals surface area contributed by atoms with Crippen molar-refractivity contribution in [1.29, 1.82) is 0 Å². The predicted molar refractivity (Wildman–Crippen MR) is 64.4 cm³/mol. The van der Waals surface area contributed by atoms with Gasteiger partial charge >= 0.3 is 0 Å². The molecular weight excluding hydrogens is 222 g/mol. The summed E-state index contributed by atoms with van der Waals surface area (Å²) in [6.07, 6.45) is 1.63. The fraction of sp³-hybridized carbons (Fsp3) is 0.167. The summed E-state index contributed by atoms with van der Waals surface area (Å²) >= 11 is 0. The number of nitrogens with one attached hydrogen (secondary N) is 1. The summed E-state index contributed by atoms with van der Waals surface area (Å²) in [7, 11) is 1.60. The van der Waals surface area contributed by atoms with Gasteiger partial charge in [0, 0.05) is 30.6 Å². The SMILES string of the molecule is CC(=O)O.COc1ccc2c(=O)cc[nH]c2c1. The highest BCUT2D eigenvalue weighted by atomic mass is 16.5. The van der Waals surface area contributed by atoms with Gasteiger partial charge in [-0.15, -0.1) is 0 Å². The number of carboxylic acids is 1. The number of pyridine rings is 1. The summed E-state index contributed by atoms with van der Waals surface area (Å²) in [5.74, 6) is -0.0886. The summed E-state index contributed by atoms with van der Waals surface area (Å²) in [4.78, 5) is 23.3. The van der Waals surface area contributed by atoms with E-state index >= 15 is 0 Å². The molecule has 0 atom stereocenters. The van der Waals surface area contributed by atoms with Crippen molar-refractivity contribution in [2.24, 2.45) is 0 Å². The molecule has 0 spiro atoms. The number of aromatic amines is 1. The first-order chi connectivity index (χ1) is 8.04. The predicted octanol–water partition coefficient (Wildman–Crippen LogP) is 1.63. The molecule has 0 saturated heterocycles. The molecule has 0 amide bonds. The van der Waals surface area contributed by atoms with Crippen LogP contribution >= 0.6 is 0 Å². The molecule has 90 valence electrons. The lowest BCUT2D eigenvalue weighted by Gasteiger charge is -2.00. The van der Waals surface area contributed by atoms with Crippen LogP contribution in [-0.4, -0.2) is 23.2 Å². The second-order valence-corrected chi connectivity index (χ2v) is 3.27. The first kappa shape index (κ1) is 12.8. The van der Waals surface area contributed by atoms with E-state index in [1.807, 2.05) is 0 Å². The summed E-state index contributed by atoms with van der Waals surface area (Å²) in [6, 6.07) is 6.84. The average molecular weight is 235 g/mol. The first-order valence-electron chi connectivity index (χ1n) is 4.89. The van der Waals surface area contributed by atoms with Crippen molar-refractivity contribution in [3.8, 4) is 5.75 Å². The van der Waals surface area contributed by atoms with Crippen LogP contribution in [0.25, 0.3) is 10.9 Å². The Morgan fingerprint density at radius 3 is 2.59 bits per heavy atom. The number of aromatic nitrogens is 1. The second-order valence-electron chi connectivity index (χ2n) is 3.27. The van der Waals surface area contributed by atoms with Crippen molar-refractivity contribution >= 4 is 16.9 Å². The topological polar surface area (TPSA) is 79.4 Å². The Balaban J connectivity index is 0.000000317. The Bertz CT molecular complexity index is 570. The first-order valence-corrected chi connectivity index (χ1v) is 4.89. The van der Waals surface area contributed by atoms with Crippen LogP contribution in [0.5, 0.6) is 5.75 Å². The van der Waals surface area contributed by atoms with Crippen molar-refractivity contribution in [2.75, 3.05) is 7.11 Å². The molecule has 0 aliphatic rings. The number of hydrogen-bond acceptors (Lipinski definition) is 3. The van der Waals surface area contributed by atoms with E-state index in [-0.39, 0.29) is 5.43 Å². The van der Waals surface area contributed by atoms with Crippen LogP contribution in [0, 0.1) is 0 Å². The third-order valence-electron chi connectivity index (χ3n) is 1.97. The Morgan fingerprint density at radius 1 is 1.35 bits per heavy atom. The van der Waals surface area contributed by atoms with Gasteiger partial charge in [-0.05, 0) is 12.1 Å². The van der Waals surface area contributed by atoms with Gasteiger partial charge in [-0.25, -0.2) is 0 Å². The number of hydrogen-bond donors (Lipinski definition) is 2. The molecule has 2 rings (SSSR count). The molecule has 0 bridgehead atoms. The Labute approximate surface area is 97.7 Å². The van der Waals surface area contributed by atoms with E-state index in [0.717, 1.165) is 18.2 Å². The molecule has 0 aliphatic carbocycles. The number of carbonyl (C=O) groups is 1. The Kier molecular flexibility index (Phi) is 4.28. The number of H-pyrrole nitrogens is 1. The fourth-order valence-corrected chi connectivity index (χ4v) is 1.28. The van der Waals surface area contributed by atoms with Crippen molar-refractivity contribution in [2.45, 2.75) is 6.92 Å². The van der Waals surface area contributed by atoms with Crippen LogP contribution in [0.1, 0.15) is 6.92 Å². The molecule has 17 heavy (non-hydrogen) atoms. The molecule has 0 saturated carbocycles. The number of ether oxygens (including phenoxy) is 1. The Hall–Kier alpha value is -2.30. The minimum absolute atomic E-state index is 0.0244. The number of aliphatic carboxylic acids is 1. The van der Waals surface area contributed by atoms with E-state index in [0.29, 0.717) is 5.39 Å². The second kappa shape index (κ2) is 5.69. The van der Waals surface area contributed by atoms with E-state index in [9.17, 15) is 4.79 Å². The van der Waals surface area contributed by atoms with Crippen molar-refractivity contribution < 1.29 is 14.6 Å². The number of benzene rings is 1. The van der Waals surface area contributed by atoms with Gasteiger partial charge in [0.2, 0.25) is 0 Å². The monoisotopic (exact) mass is 235 g/mol. The average Bonchev–Trinajstić information content (AvgIpc) is 2.28. The third kappa shape index (κ3) is 3.64. The van der Waals surface area contributed by atoms with Gasteiger partial charge in [-0.1, -0.05) is 0 Å². The van der Waals surface area contributed by atoms with Crippen LogP contribution in [0.3, 0.4) is 0 Å². The number of rotatable bonds is 1. The summed E-state index contributed by atoms with van der Waals surface area (Å²) < 4.78 is 5.04. The minimum atomic E-state index is -0.833. The molecule has 5 nitrogen and oxygen atoms in total. The van der Waals surface area contributed by atoms with Gasteiger partial charge in [-0.2, -0.15) is 0 Å². The quantitative estimate of drug-likeness (QED) is 0.787. The van der Waals surface area contributed by atoms with E-state index in [1.165, 1.54) is 6.07 Å². The van der Waals surface area contributed by atoms with Gasteiger partial charge in [-0.3, -0.25) is 9.59 Å². The summed E-state index contributed by atoms with van der Waals surface area (Å²) in [5.41, 5.74) is 0.822. The molecule has 5 heteroatoms. The molecule has 2 aromatic rings. The summed E-state index contributed by atoms with van der Waals surface area (Å²) in [5, 5.41) is 8.10. The van der Waals surface area contributed by atoms with Gasteiger partial charge in [0.25, 0.3) is 5.97 Å². The molecule has 1 heterocycles. The van der Waals surface area contributed by atoms with Crippen LogP contribution in [-0.2, 0) is 4.79 Å². The van der Waals surface area contributed by atoms with Crippen LogP contribution in [0.2, 0.25) is 0 Å². The number of carboxylic acid groups (broad SMARTS) is 1. The highest BCUT2D eigenvalue weighted by Gasteiger charge is 1.98. The number of methoxy groups -OCH3 is 1.